The number of rotatable bonds is 1. The third kappa shape index (κ3) is 2.18. The van der Waals surface area contributed by atoms with Crippen molar-refractivity contribution >= 4 is 0 Å². The van der Waals surface area contributed by atoms with Crippen molar-refractivity contribution in [1.82, 2.24) is 9.78 Å². The van der Waals surface area contributed by atoms with Crippen molar-refractivity contribution in [2.75, 3.05) is 0 Å². The van der Waals surface area contributed by atoms with Gasteiger partial charge in [-0.2, -0.15) is 0 Å². The molecule has 2 rings (SSSR count). The number of hydrogen-bond acceptors (Lipinski definition) is 2. The Morgan fingerprint density at radius 1 is 1.18 bits per heavy atom. The summed E-state index contributed by atoms with van der Waals surface area (Å²) in [5, 5.41) is 14.1. The summed E-state index contributed by atoms with van der Waals surface area (Å²) in [6, 6.07) is 7.99. The fourth-order valence-corrected chi connectivity index (χ4v) is 1.84. The van der Waals surface area contributed by atoms with Crippen LogP contribution in [0.2, 0.25) is 0 Å². The zero-order chi connectivity index (χ0) is 12.6. The van der Waals surface area contributed by atoms with Crippen molar-refractivity contribution in [3.8, 4) is 11.6 Å². The van der Waals surface area contributed by atoms with Crippen molar-refractivity contribution in [3.63, 3.8) is 0 Å². The molecule has 0 saturated carbocycles. The average Bonchev–Trinajstić information content (AvgIpc) is 2.60. The molecule has 1 N–H and O–H groups in total. The van der Waals surface area contributed by atoms with Crippen LogP contribution >= 0.6 is 0 Å². The van der Waals surface area contributed by atoms with Gasteiger partial charge in [-0.1, -0.05) is 39.0 Å². The quantitative estimate of drug-likeness (QED) is 0.817. The van der Waals surface area contributed by atoms with Gasteiger partial charge in [-0.25, -0.2) is 4.68 Å². The average molecular weight is 230 g/mol. The van der Waals surface area contributed by atoms with E-state index < -0.39 is 0 Å². The molecule has 0 saturated heterocycles. The Labute approximate surface area is 102 Å². The minimum Gasteiger partial charge on any atom is -0.492 e. The lowest BCUT2D eigenvalue weighted by Crippen LogP contribution is -2.10. The molecule has 0 aliphatic carbocycles. The molecule has 1 aromatic heterocycles. The standard InChI is InChI=1S/C14H18N2O/c1-10-7-5-6-8-12(10)16-9-11(13(17)15-16)14(2,3)4/h5-9H,1-4H3,(H,15,17). The fraction of sp³-hybridized carbons (Fsp3) is 0.357. The molecule has 3 heteroatoms. The van der Waals surface area contributed by atoms with Gasteiger partial charge in [-0.05, 0) is 24.0 Å². The number of aromatic nitrogens is 2. The largest absolute Gasteiger partial charge is 0.492 e. The summed E-state index contributed by atoms with van der Waals surface area (Å²) in [5.41, 5.74) is 2.89. The molecule has 0 aliphatic heterocycles. The van der Waals surface area contributed by atoms with Crippen molar-refractivity contribution in [2.24, 2.45) is 0 Å². The minimum absolute atomic E-state index is 0.106. The molecule has 0 unspecified atom stereocenters. The van der Waals surface area contributed by atoms with E-state index >= 15 is 0 Å². The van der Waals surface area contributed by atoms with Crippen LogP contribution < -0.4 is 0 Å². The number of hydrogen-bond donors (Lipinski definition) is 1. The Bertz CT molecular complexity index is 535. The number of para-hydroxylation sites is 1. The van der Waals surface area contributed by atoms with E-state index in [1.807, 2.05) is 37.4 Å². The maximum atomic E-state index is 9.89. The molecule has 1 heterocycles. The van der Waals surface area contributed by atoms with Gasteiger partial charge in [0.1, 0.15) is 0 Å². The summed E-state index contributed by atoms with van der Waals surface area (Å²) in [4.78, 5) is 0. The van der Waals surface area contributed by atoms with Gasteiger partial charge in [0.05, 0.1) is 5.69 Å². The van der Waals surface area contributed by atoms with Gasteiger partial charge >= 0.3 is 0 Å². The second kappa shape index (κ2) is 3.91. The van der Waals surface area contributed by atoms with E-state index in [0.29, 0.717) is 0 Å². The van der Waals surface area contributed by atoms with Gasteiger partial charge in [0.2, 0.25) is 5.88 Å². The van der Waals surface area contributed by atoms with E-state index in [4.69, 9.17) is 0 Å². The number of aromatic hydroxyl groups is 1. The van der Waals surface area contributed by atoms with Crippen LogP contribution in [0.4, 0.5) is 0 Å². The van der Waals surface area contributed by atoms with Gasteiger partial charge in [0, 0.05) is 11.8 Å². The third-order valence-corrected chi connectivity index (χ3v) is 2.87. The highest BCUT2D eigenvalue weighted by Crippen LogP contribution is 2.30. The van der Waals surface area contributed by atoms with E-state index in [1.54, 1.807) is 4.68 Å². The van der Waals surface area contributed by atoms with Crippen LogP contribution in [0.3, 0.4) is 0 Å². The SMILES string of the molecule is Cc1ccccc1-n1cc(C(C)(C)C)c(O)n1. The lowest BCUT2D eigenvalue weighted by molar-refractivity contribution is 0.427. The van der Waals surface area contributed by atoms with E-state index in [-0.39, 0.29) is 11.3 Å². The second-order valence-corrected chi connectivity index (χ2v) is 5.35. The first kappa shape index (κ1) is 11.7. The molecule has 0 bridgehead atoms. The lowest BCUT2D eigenvalue weighted by atomic mass is 9.89. The topological polar surface area (TPSA) is 38.0 Å². The van der Waals surface area contributed by atoms with E-state index in [2.05, 4.69) is 25.9 Å². The summed E-state index contributed by atoms with van der Waals surface area (Å²) in [5.74, 6) is 0.112. The molecular formula is C14H18N2O. The lowest BCUT2D eigenvalue weighted by Gasteiger charge is -2.15. The van der Waals surface area contributed by atoms with E-state index in [9.17, 15) is 5.11 Å². The number of benzene rings is 1. The smallest absolute Gasteiger partial charge is 0.234 e. The van der Waals surface area contributed by atoms with Crippen molar-refractivity contribution in [1.29, 1.82) is 0 Å². The van der Waals surface area contributed by atoms with Crippen LogP contribution in [0.15, 0.2) is 30.5 Å². The zero-order valence-corrected chi connectivity index (χ0v) is 10.7. The minimum atomic E-state index is -0.106. The van der Waals surface area contributed by atoms with Crippen LogP contribution in [-0.4, -0.2) is 14.9 Å². The highest BCUT2D eigenvalue weighted by atomic mass is 16.3. The predicted octanol–water partition coefficient (Wildman–Crippen LogP) is 3.18. The predicted molar refractivity (Wildman–Crippen MR) is 68.7 cm³/mol. The summed E-state index contributed by atoms with van der Waals surface area (Å²) >= 11 is 0. The summed E-state index contributed by atoms with van der Waals surface area (Å²) < 4.78 is 1.74. The van der Waals surface area contributed by atoms with Crippen molar-refractivity contribution < 1.29 is 5.11 Å². The van der Waals surface area contributed by atoms with Crippen molar-refractivity contribution in [3.05, 3.63) is 41.6 Å². The maximum absolute atomic E-state index is 9.89. The molecule has 2 aromatic rings. The molecule has 17 heavy (non-hydrogen) atoms. The highest BCUT2D eigenvalue weighted by molar-refractivity contribution is 5.42. The van der Waals surface area contributed by atoms with Crippen LogP contribution in [0.5, 0.6) is 5.88 Å². The van der Waals surface area contributed by atoms with Crippen molar-refractivity contribution in [2.45, 2.75) is 33.1 Å². The Hall–Kier alpha value is -1.77. The highest BCUT2D eigenvalue weighted by Gasteiger charge is 2.22. The first-order valence-corrected chi connectivity index (χ1v) is 5.75. The maximum Gasteiger partial charge on any atom is 0.234 e. The van der Waals surface area contributed by atoms with E-state index in [1.165, 1.54) is 0 Å². The molecule has 90 valence electrons. The molecule has 3 nitrogen and oxygen atoms in total. The Morgan fingerprint density at radius 3 is 2.35 bits per heavy atom. The summed E-state index contributed by atoms with van der Waals surface area (Å²) in [6.45, 7) is 8.22. The monoisotopic (exact) mass is 230 g/mol. The first-order chi connectivity index (χ1) is 7.89. The van der Waals surface area contributed by atoms with Crippen LogP contribution in [-0.2, 0) is 5.41 Å². The first-order valence-electron chi connectivity index (χ1n) is 5.75. The normalized spacial score (nSPS) is 11.8. The molecule has 1 aromatic carbocycles. The van der Waals surface area contributed by atoms with E-state index in [0.717, 1.165) is 16.8 Å². The molecular weight excluding hydrogens is 212 g/mol. The van der Waals surface area contributed by atoms with Gasteiger partial charge in [0.15, 0.2) is 0 Å². The van der Waals surface area contributed by atoms with Crippen LogP contribution in [0, 0.1) is 6.92 Å². The molecule has 0 amide bonds. The Kier molecular flexibility index (Phi) is 2.69. The number of nitrogens with zero attached hydrogens (tertiary/aromatic N) is 2. The molecule has 0 spiro atoms. The molecule has 0 aliphatic rings. The van der Waals surface area contributed by atoms with Gasteiger partial charge in [-0.15, -0.1) is 5.10 Å². The molecule has 0 atom stereocenters. The second-order valence-electron chi connectivity index (χ2n) is 5.35. The fourth-order valence-electron chi connectivity index (χ4n) is 1.84. The third-order valence-electron chi connectivity index (χ3n) is 2.87. The Morgan fingerprint density at radius 2 is 1.82 bits per heavy atom. The summed E-state index contributed by atoms with van der Waals surface area (Å²) in [7, 11) is 0. The zero-order valence-electron chi connectivity index (χ0n) is 10.7. The van der Waals surface area contributed by atoms with Gasteiger partial charge in [0.25, 0.3) is 0 Å². The van der Waals surface area contributed by atoms with Gasteiger partial charge in [-0.3, -0.25) is 0 Å². The molecule has 0 fully saturated rings. The Balaban J connectivity index is 2.53. The van der Waals surface area contributed by atoms with Gasteiger partial charge < -0.3 is 5.11 Å². The number of aryl methyl sites for hydroxylation is 1. The van der Waals surface area contributed by atoms with Crippen LogP contribution in [0.25, 0.3) is 5.69 Å². The molecule has 0 radical (unpaired) electrons. The summed E-state index contributed by atoms with van der Waals surface area (Å²) in [6.07, 6.45) is 1.90. The van der Waals surface area contributed by atoms with Crippen LogP contribution in [0.1, 0.15) is 31.9 Å².